The molecular weight excluding hydrogens is 394 g/mol. The van der Waals surface area contributed by atoms with Crippen LogP contribution in [-0.4, -0.2) is 46.6 Å². The number of carbonyl (C=O) groups excluding carboxylic acids is 1. The third-order valence-electron chi connectivity index (χ3n) is 4.58. The summed E-state index contributed by atoms with van der Waals surface area (Å²) in [4.78, 5) is 14.4. The van der Waals surface area contributed by atoms with Crippen LogP contribution in [0.25, 0.3) is 11.4 Å². The Morgan fingerprint density at radius 3 is 2.53 bits per heavy atom. The summed E-state index contributed by atoms with van der Waals surface area (Å²) < 4.78 is 1.98. The molecule has 0 aliphatic rings. The molecule has 0 unspecified atom stereocenters. The van der Waals surface area contributed by atoms with E-state index in [9.17, 15) is 4.79 Å². The lowest BCUT2D eigenvalue weighted by atomic mass is 10.2. The Balaban J connectivity index is 1.46. The van der Waals surface area contributed by atoms with Gasteiger partial charge in [0.05, 0.1) is 5.75 Å². The standard InChI is InChI=1S/C23H27N5OS/c1-3-16-28-22(19-11-6-4-7-12-19)25-26-23(28)30-18-21(29)24-15-10-17-27(2)20-13-8-5-9-14-20/h3-9,11-14H,1,10,15-18H2,2H3,(H,24,29). The Hall–Kier alpha value is -3.06. The summed E-state index contributed by atoms with van der Waals surface area (Å²) in [5.41, 5.74) is 2.17. The van der Waals surface area contributed by atoms with E-state index in [2.05, 4.69) is 46.2 Å². The fourth-order valence-electron chi connectivity index (χ4n) is 3.03. The van der Waals surface area contributed by atoms with Crippen molar-refractivity contribution in [3.8, 4) is 11.4 Å². The second-order valence-electron chi connectivity index (χ2n) is 6.82. The van der Waals surface area contributed by atoms with E-state index in [4.69, 9.17) is 0 Å². The van der Waals surface area contributed by atoms with Gasteiger partial charge in [-0.3, -0.25) is 9.36 Å². The lowest BCUT2D eigenvalue weighted by Gasteiger charge is -2.19. The van der Waals surface area contributed by atoms with E-state index in [1.54, 1.807) is 0 Å². The predicted molar refractivity (Wildman–Crippen MR) is 124 cm³/mol. The first-order chi connectivity index (χ1) is 14.7. The van der Waals surface area contributed by atoms with Crippen LogP contribution in [0.1, 0.15) is 6.42 Å². The van der Waals surface area contributed by atoms with Crippen molar-refractivity contribution in [1.82, 2.24) is 20.1 Å². The van der Waals surface area contributed by atoms with Gasteiger partial charge in [-0.25, -0.2) is 0 Å². The van der Waals surface area contributed by atoms with Crippen LogP contribution in [0.4, 0.5) is 5.69 Å². The molecule has 0 radical (unpaired) electrons. The zero-order chi connectivity index (χ0) is 21.2. The van der Waals surface area contributed by atoms with Gasteiger partial charge >= 0.3 is 0 Å². The van der Waals surface area contributed by atoms with Crippen LogP contribution in [0.2, 0.25) is 0 Å². The van der Waals surface area contributed by atoms with E-state index in [0.29, 0.717) is 24.0 Å². The summed E-state index contributed by atoms with van der Waals surface area (Å²) in [7, 11) is 2.06. The van der Waals surface area contributed by atoms with E-state index in [0.717, 1.165) is 24.4 Å². The minimum atomic E-state index is -0.00298. The predicted octanol–water partition coefficient (Wildman–Crippen LogP) is 3.87. The minimum absolute atomic E-state index is 0.00298. The molecule has 156 valence electrons. The van der Waals surface area contributed by atoms with Gasteiger partial charge in [0.25, 0.3) is 0 Å². The Labute approximate surface area is 182 Å². The van der Waals surface area contributed by atoms with E-state index >= 15 is 0 Å². The van der Waals surface area contributed by atoms with Crippen molar-refractivity contribution >= 4 is 23.4 Å². The molecule has 0 aliphatic heterocycles. The van der Waals surface area contributed by atoms with E-state index in [-0.39, 0.29) is 5.91 Å². The van der Waals surface area contributed by atoms with Crippen molar-refractivity contribution < 1.29 is 4.79 Å². The number of benzene rings is 2. The van der Waals surface area contributed by atoms with Gasteiger partial charge in [-0.05, 0) is 18.6 Å². The SMILES string of the molecule is C=CCn1c(SCC(=O)NCCCN(C)c2ccccc2)nnc1-c1ccccc1. The highest BCUT2D eigenvalue weighted by Crippen LogP contribution is 2.23. The van der Waals surface area contributed by atoms with Crippen LogP contribution in [0.3, 0.4) is 0 Å². The first kappa shape index (κ1) is 21.6. The molecule has 0 fully saturated rings. The number of nitrogens with zero attached hydrogens (tertiary/aromatic N) is 4. The zero-order valence-electron chi connectivity index (χ0n) is 17.2. The van der Waals surface area contributed by atoms with Gasteiger partial charge in [0.2, 0.25) is 5.91 Å². The smallest absolute Gasteiger partial charge is 0.230 e. The van der Waals surface area contributed by atoms with Crippen LogP contribution in [0.5, 0.6) is 0 Å². The molecule has 0 saturated carbocycles. The fourth-order valence-corrected chi connectivity index (χ4v) is 3.80. The number of hydrogen-bond acceptors (Lipinski definition) is 5. The molecule has 7 heteroatoms. The fraction of sp³-hybridized carbons (Fsp3) is 0.261. The lowest BCUT2D eigenvalue weighted by Crippen LogP contribution is -2.29. The molecule has 1 heterocycles. The first-order valence-electron chi connectivity index (χ1n) is 9.94. The number of allylic oxidation sites excluding steroid dienone is 1. The highest BCUT2D eigenvalue weighted by atomic mass is 32.2. The van der Waals surface area contributed by atoms with Crippen molar-refractivity contribution in [3.05, 3.63) is 73.3 Å². The summed E-state index contributed by atoms with van der Waals surface area (Å²) in [6, 6.07) is 20.1. The molecule has 0 saturated heterocycles. The number of hydrogen-bond donors (Lipinski definition) is 1. The second-order valence-corrected chi connectivity index (χ2v) is 7.76. The monoisotopic (exact) mass is 421 g/mol. The van der Waals surface area contributed by atoms with Crippen LogP contribution in [-0.2, 0) is 11.3 Å². The molecule has 0 bridgehead atoms. The summed E-state index contributed by atoms with van der Waals surface area (Å²) in [5.74, 6) is 1.08. The van der Waals surface area contributed by atoms with Gasteiger partial charge in [0, 0.05) is 37.9 Å². The third kappa shape index (κ3) is 5.97. The lowest BCUT2D eigenvalue weighted by molar-refractivity contribution is -0.118. The number of aromatic nitrogens is 3. The molecule has 1 amide bonds. The minimum Gasteiger partial charge on any atom is -0.375 e. The molecule has 2 aromatic carbocycles. The Kier molecular flexibility index (Phi) is 8.09. The summed E-state index contributed by atoms with van der Waals surface area (Å²) in [6.07, 6.45) is 2.69. The van der Waals surface area contributed by atoms with Crippen molar-refractivity contribution in [1.29, 1.82) is 0 Å². The van der Waals surface area contributed by atoms with E-state index < -0.39 is 0 Å². The first-order valence-corrected chi connectivity index (χ1v) is 10.9. The second kappa shape index (κ2) is 11.2. The maximum Gasteiger partial charge on any atom is 0.230 e. The van der Waals surface area contributed by atoms with Gasteiger partial charge in [-0.2, -0.15) is 0 Å². The van der Waals surface area contributed by atoms with Crippen molar-refractivity contribution in [2.24, 2.45) is 0 Å². The van der Waals surface area contributed by atoms with Crippen molar-refractivity contribution in [2.75, 3.05) is 30.8 Å². The average molecular weight is 422 g/mol. The van der Waals surface area contributed by atoms with Crippen LogP contribution in [0.15, 0.2) is 78.5 Å². The molecule has 6 nitrogen and oxygen atoms in total. The maximum absolute atomic E-state index is 12.3. The molecule has 30 heavy (non-hydrogen) atoms. The largest absolute Gasteiger partial charge is 0.375 e. The van der Waals surface area contributed by atoms with Crippen LogP contribution < -0.4 is 10.2 Å². The number of amides is 1. The molecule has 0 spiro atoms. The molecule has 1 aromatic heterocycles. The molecule has 0 aliphatic carbocycles. The molecule has 0 atom stereocenters. The molecular formula is C23H27N5OS. The van der Waals surface area contributed by atoms with Crippen molar-refractivity contribution in [2.45, 2.75) is 18.1 Å². The number of nitrogens with one attached hydrogen (secondary N) is 1. The number of carbonyl (C=O) groups is 1. The Morgan fingerprint density at radius 2 is 1.83 bits per heavy atom. The Morgan fingerprint density at radius 1 is 1.13 bits per heavy atom. The molecule has 3 aromatic rings. The zero-order valence-corrected chi connectivity index (χ0v) is 18.0. The normalized spacial score (nSPS) is 10.6. The summed E-state index contributed by atoms with van der Waals surface area (Å²) in [6.45, 7) is 5.94. The quantitative estimate of drug-likeness (QED) is 0.289. The van der Waals surface area contributed by atoms with Gasteiger partial charge in [-0.1, -0.05) is 66.4 Å². The topological polar surface area (TPSA) is 63.1 Å². The van der Waals surface area contributed by atoms with E-state index in [1.165, 1.54) is 17.4 Å². The number of rotatable bonds is 11. The highest BCUT2D eigenvalue weighted by molar-refractivity contribution is 7.99. The maximum atomic E-state index is 12.3. The van der Waals surface area contributed by atoms with Crippen LogP contribution in [0, 0.1) is 0 Å². The number of thioether (sulfide) groups is 1. The van der Waals surface area contributed by atoms with Gasteiger partial charge < -0.3 is 10.2 Å². The number of anilines is 1. The average Bonchev–Trinajstić information content (AvgIpc) is 3.19. The molecule has 3 rings (SSSR count). The van der Waals surface area contributed by atoms with Crippen LogP contribution >= 0.6 is 11.8 Å². The Bertz CT molecular complexity index is 943. The third-order valence-corrected chi connectivity index (χ3v) is 5.55. The van der Waals surface area contributed by atoms with E-state index in [1.807, 2.05) is 59.2 Å². The van der Waals surface area contributed by atoms with Crippen molar-refractivity contribution in [3.63, 3.8) is 0 Å². The number of para-hydroxylation sites is 1. The summed E-state index contributed by atoms with van der Waals surface area (Å²) >= 11 is 1.39. The summed E-state index contributed by atoms with van der Waals surface area (Å²) in [5, 5.41) is 12.3. The highest BCUT2D eigenvalue weighted by Gasteiger charge is 2.14. The van der Waals surface area contributed by atoms with Gasteiger partial charge in [0.1, 0.15) is 0 Å². The van der Waals surface area contributed by atoms with Gasteiger partial charge in [0.15, 0.2) is 11.0 Å². The van der Waals surface area contributed by atoms with Gasteiger partial charge in [-0.15, -0.1) is 16.8 Å². The molecule has 1 N–H and O–H groups in total.